The lowest BCUT2D eigenvalue weighted by molar-refractivity contribution is -0.137. The molecular formula is C19H33NO5. The summed E-state index contributed by atoms with van der Waals surface area (Å²) in [4.78, 5) is 24.2. The fourth-order valence-corrected chi connectivity index (χ4v) is 3.15. The Hall–Kier alpha value is -1.40. The zero-order chi connectivity index (χ0) is 18.7. The molecule has 0 aromatic rings. The van der Waals surface area contributed by atoms with Crippen molar-refractivity contribution in [3.8, 4) is 0 Å². The number of hydrogen-bond donors (Lipinski definition) is 3. The SMILES string of the molecule is CCCCC[C@H](O)/C=C/[C@H]1[C@H](O)CC(=O)N1CCCCCCC(=O)O. The molecule has 0 aliphatic carbocycles. The van der Waals surface area contributed by atoms with Gasteiger partial charge < -0.3 is 20.2 Å². The molecular weight excluding hydrogens is 322 g/mol. The Morgan fingerprint density at radius 3 is 2.64 bits per heavy atom. The van der Waals surface area contributed by atoms with Gasteiger partial charge in [-0.1, -0.05) is 51.2 Å². The summed E-state index contributed by atoms with van der Waals surface area (Å²) in [6.07, 6.45) is 9.50. The van der Waals surface area contributed by atoms with Gasteiger partial charge in [-0.25, -0.2) is 0 Å². The lowest BCUT2D eigenvalue weighted by Crippen LogP contribution is -2.36. The molecule has 25 heavy (non-hydrogen) atoms. The smallest absolute Gasteiger partial charge is 0.303 e. The average molecular weight is 355 g/mol. The van der Waals surface area contributed by atoms with E-state index >= 15 is 0 Å². The Labute approximate surface area is 150 Å². The van der Waals surface area contributed by atoms with Crippen LogP contribution in [0.25, 0.3) is 0 Å². The second-order valence-corrected chi connectivity index (χ2v) is 6.86. The minimum atomic E-state index is -0.777. The molecule has 1 fully saturated rings. The first-order valence-corrected chi connectivity index (χ1v) is 9.51. The number of carboxylic acids is 1. The van der Waals surface area contributed by atoms with Crippen LogP contribution in [0.4, 0.5) is 0 Å². The van der Waals surface area contributed by atoms with Crippen molar-refractivity contribution in [1.29, 1.82) is 0 Å². The molecule has 0 radical (unpaired) electrons. The molecule has 144 valence electrons. The fourth-order valence-electron chi connectivity index (χ4n) is 3.15. The van der Waals surface area contributed by atoms with E-state index in [1.54, 1.807) is 17.1 Å². The summed E-state index contributed by atoms with van der Waals surface area (Å²) in [5.74, 6) is -0.839. The van der Waals surface area contributed by atoms with E-state index in [2.05, 4.69) is 6.92 Å². The van der Waals surface area contributed by atoms with Crippen LogP contribution in [0.15, 0.2) is 12.2 Å². The van der Waals surface area contributed by atoms with Gasteiger partial charge in [0.15, 0.2) is 0 Å². The summed E-state index contributed by atoms with van der Waals surface area (Å²) in [5, 5.41) is 28.7. The molecule has 1 amide bonds. The van der Waals surface area contributed by atoms with Crippen molar-refractivity contribution < 1.29 is 24.9 Å². The summed E-state index contributed by atoms with van der Waals surface area (Å²) in [7, 11) is 0. The minimum Gasteiger partial charge on any atom is -0.481 e. The number of carbonyl (C=O) groups is 2. The van der Waals surface area contributed by atoms with Crippen LogP contribution in [0.2, 0.25) is 0 Å². The maximum absolute atomic E-state index is 12.1. The second kappa shape index (κ2) is 12.0. The summed E-state index contributed by atoms with van der Waals surface area (Å²) < 4.78 is 0. The average Bonchev–Trinajstić information content (AvgIpc) is 2.82. The zero-order valence-electron chi connectivity index (χ0n) is 15.3. The lowest BCUT2D eigenvalue weighted by atomic mass is 10.1. The molecule has 6 heteroatoms. The maximum Gasteiger partial charge on any atom is 0.303 e. The predicted octanol–water partition coefficient (Wildman–Crippen LogP) is 2.48. The van der Waals surface area contributed by atoms with E-state index in [0.717, 1.165) is 38.5 Å². The van der Waals surface area contributed by atoms with Crippen molar-refractivity contribution in [2.45, 2.75) is 89.4 Å². The molecule has 6 nitrogen and oxygen atoms in total. The molecule has 3 atom stereocenters. The topological polar surface area (TPSA) is 98.1 Å². The van der Waals surface area contributed by atoms with E-state index in [9.17, 15) is 19.8 Å². The lowest BCUT2D eigenvalue weighted by Gasteiger charge is -2.24. The highest BCUT2D eigenvalue weighted by atomic mass is 16.4. The Morgan fingerprint density at radius 1 is 1.24 bits per heavy atom. The van der Waals surface area contributed by atoms with Gasteiger partial charge in [-0.15, -0.1) is 0 Å². The molecule has 0 unspecified atom stereocenters. The van der Waals surface area contributed by atoms with Crippen LogP contribution in [0.5, 0.6) is 0 Å². The molecule has 0 saturated carbocycles. The van der Waals surface area contributed by atoms with Gasteiger partial charge in [0.25, 0.3) is 0 Å². The molecule has 3 N–H and O–H groups in total. The van der Waals surface area contributed by atoms with Crippen molar-refractivity contribution in [2.24, 2.45) is 0 Å². The molecule has 0 aromatic heterocycles. The first kappa shape index (κ1) is 21.6. The van der Waals surface area contributed by atoms with Gasteiger partial charge in [0, 0.05) is 13.0 Å². The summed E-state index contributed by atoms with van der Waals surface area (Å²) >= 11 is 0. The van der Waals surface area contributed by atoms with E-state index in [0.29, 0.717) is 19.4 Å². The van der Waals surface area contributed by atoms with Crippen LogP contribution < -0.4 is 0 Å². The molecule has 0 bridgehead atoms. The third-order valence-electron chi connectivity index (χ3n) is 4.63. The standard InChI is InChI=1S/C19H33NO5/c1-2-3-6-9-15(21)11-12-16-17(22)14-18(23)20(16)13-8-5-4-7-10-19(24)25/h11-12,15-17,21-22H,2-10,13-14H2,1H3,(H,24,25)/b12-11+/t15-,16-,17+/m0/s1. The minimum absolute atomic E-state index is 0.0619. The van der Waals surface area contributed by atoms with E-state index < -0.39 is 18.2 Å². The van der Waals surface area contributed by atoms with Crippen LogP contribution in [0.3, 0.4) is 0 Å². The number of carboxylic acid groups (broad SMARTS) is 1. The third kappa shape index (κ3) is 8.50. The highest BCUT2D eigenvalue weighted by molar-refractivity contribution is 5.80. The molecule has 1 rings (SSSR count). The van der Waals surface area contributed by atoms with Crippen molar-refractivity contribution in [3.63, 3.8) is 0 Å². The van der Waals surface area contributed by atoms with E-state index in [4.69, 9.17) is 5.11 Å². The normalized spacial score (nSPS) is 22.0. The monoisotopic (exact) mass is 355 g/mol. The first-order valence-electron chi connectivity index (χ1n) is 9.51. The second-order valence-electron chi connectivity index (χ2n) is 6.86. The van der Waals surface area contributed by atoms with Gasteiger partial charge in [0.2, 0.25) is 5.91 Å². The van der Waals surface area contributed by atoms with Gasteiger partial charge in [0.05, 0.1) is 24.7 Å². The Morgan fingerprint density at radius 2 is 1.96 bits per heavy atom. The van der Waals surface area contributed by atoms with Gasteiger partial charge in [-0.3, -0.25) is 9.59 Å². The number of hydrogen-bond acceptors (Lipinski definition) is 4. The predicted molar refractivity (Wildman–Crippen MR) is 96.1 cm³/mol. The molecule has 0 aromatic carbocycles. The van der Waals surface area contributed by atoms with Crippen LogP contribution >= 0.6 is 0 Å². The summed E-state index contributed by atoms with van der Waals surface area (Å²) in [6, 6.07) is -0.368. The molecule has 1 heterocycles. The highest BCUT2D eigenvalue weighted by Crippen LogP contribution is 2.22. The van der Waals surface area contributed by atoms with E-state index in [1.165, 1.54) is 0 Å². The molecule has 1 aliphatic heterocycles. The number of aliphatic hydroxyl groups excluding tert-OH is 2. The number of aliphatic carboxylic acids is 1. The molecule has 1 saturated heterocycles. The Bertz CT molecular complexity index is 438. The summed E-state index contributed by atoms with van der Waals surface area (Å²) in [6.45, 7) is 2.67. The molecule has 0 spiro atoms. The maximum atomic E-state index is 12.1. The number of likely N-dealkylation sites (tertiary alicyclic amines) is 1. The molecule has 1 aliphatic rings. The van der Waals surface area contributed by atoms with Gasteiger partial charge in [-0.05, 0) is 19.3 Å². The number of amides is 1. The number of nitrogens with zero attached hydrogens (tertiary/aromatic N) is 1. The van der Waals surface area contributed by atoms with E-state index in [1.807, 2.05) is 0 Å². The highest BCUT2D eigenvalue weighted by Gasteiger charge is 2.36. The van der Waals surface area contributed by atoms with Crippen molar-refractivity contribution in [2.75, 3.05) is 6.54 Å². The first-order chi connectivity index (χ1) is 12.0. The summed E-state index contributed by atoms with van der Waals surface area (Å²) in [5.41, 5.74) is 0. The van der Waals surface area contributed by atoms with Gasteiger partial charge >= 0.3 is 5.97 Å². The largest absolute Gasteiger partial charge is 0.481 e. The Balaban J connectivity index is 2.39. The number of carbonyl (C=O) groups excluding carboxylic acids is 1. The van der Waals surface area contributed by atoms with Crippen molar-refractivity contribution >= 4 is 11.9 Å². The van der Waals surface area contributed by atoms with Crippen molar-refractivity contribution in [1.82, 2.24) is 4.90 Å². The van der Waals surface area contributed by atoms with Gasteiger partial charge in [0.1, 0.15) is 0 Å². The van der Waals surface area contributed by atoms with E-state index in [-0.39, 0.29) is 24.8 Å². The zero-order valence-corrected chi connectivity index (χ0v) is 15.3. The number of unbranched alkanes of at least 4 members (excludes halogenated alkanes) is 5. The third-order valence-corrected chi connectivity index (χ3v) is 4.63. The number of rotatable bonds is 13. The number of aliphatic hydroxyl groups is 2. The van der Waals surface area contributed by atoms with Crippen LogP contribution in [0, 0.1) is 0 Å². The quantitative estimate of drug-likeness (QED) is 0.348. The van der Waals surface area contributed by atoms with Crippen LogP contribution in [-0.2, 0) is 9.59 Å². The Kier molecular flexibility index (Phi) is 10.4. The fraction of sp³-hybridized carbons (Fsp3) is 0.789. The van der Waals surface area contributed by atoms with Crippen LogP contribution in [-0.4, -0.2) is 56.9 Å². The van der Waals surface area contributed by atoms with Crippen LogP contribution in [0.1, 0.15) is 71.1 Å². The van der Waals surface area contributed by atoms with Gasteiger partial charge in [-0.2, -0.15) is 0 Å². The van der Waals surface area contributed by atoms with Crippen molar-refractivity contribution in [3.05, 3.63) is 12.2 Å².